The van der Waals surface area contributed by atoms with E-state index in [0.717, 1.165) is 11.6 Å². The topological polar surface area (TPSA) is 42.2 Å². The van der Waals surface area contributed by atoms with Gasteiger partial charge in [-0.05, 0) is 30.9 Å². The second kappa shape index (κ2) is 4.73. The van der Waals surface area contributed by atoms with Crippen LogP contribution in [-0.2, 0) is 0 Å². The van der Waals surface area contributed by atoms with Crippen LogP contribution < -0.4 is 10.6 Å². The van der Waals surface area contributed by atoms with Gasteiger partial charge in [0.25, 0.3) is 0 Å². The van der Waals surface area contributed by atoms with E-state index in [-0.39, 0.29) is 0 Å². The first-order valence-corrected chi connectivity index (χ1v) is 6.12. The molecule has 0 spiro atoms. The van der Waals surface area contributed by atoms with Crippen LogP contribution >= 0.6 is 0 Å². The predicted octanol–water partition coefficient (Wildman–Crippen LogP) is 2.68. The van der Waals surface area contributed by atoms with Gasteiger partial charge in [-0.2, -0.15) is 0 Å². The number of nitrogens with two attached hydrogens (primary N) is 1. The highest BCUT2D eigenvalue weighted by Crippen LogP contribution is 2.31. The van der Waals surface area contributed by atoms with Crippen molar-refractivity contribution in [3.05, 3.63) is 18.3 Å². The summed E-state index contributed by atoms with van der Waals surface area (Å²) in [4.78, 5) is 6.45. The third-order valence-corrected chi connectivity index (χ3v) is 3.65. The molecule has 0 bridgehead atoms. The second-order valence-corrected chi connectivity index (χ2v) is 4.94. The Kier molecular flexibility index (Phi) is 3.32. The fraction of sp³-hybridized carbons (Fsp3) is 0.615. The fourth-order valence-corrected chi connectivity index (χ4v) is 2.66. The maximum Gasteiger partial charge on any atom is 0.146 e. The molecule has 0 aromatic carbocycles. The summed E-state index contributed by atoms with van der Waals surface area (Å²) in [5.41, 5.74) is 6.98. The Morgan fingerprint density at radius 3 is 2.94 bits per heavy atom. The van der Waals surface area contributed by atoms with Gasteiger partial charge in [0.05, 0.1) is 5.69 Å². The van der Waals surface area contributed by atoms with Crippen molar-refractivity contribution in [2.75, 3.05) is 17.7 Å². The summed E-state index contributed by atoms with van der Waals surface area (Å²) in [6, 6.07) is 4.63. The van der Waals surface area contributed by atoms with Crippen LogP contribution in [0.3, 0.4) is 0 Å². The maximum absolute atomic E-state index is 5.91. The van der Waals surface area contributed by atoms with Crippen molar-refractivity contribution in [2.24, 2.45) is 5.92 Å². The van der Waals surface area contributed by atoms with Gasteiger partial charge in [0.15, 0.2) is 0 Å². The Labute approximate surface area is 97.7 Å². The van der Waals surface area contributed by atoms with Crippen LogP contribution in [0.4, 0.5) is 11.5 Å². The van der Waals surface area contributed by atoms with Crippen LogP contribution in [0.1, 0.15) is 32.6 Å². The van der Waals surface area contributed by atoms with Crippen LogP contribution in [0, 0.1) is 5.92 Å². The second-order valence-electron chi connectivity index (χ2n) is 4.94. The molecule has 1 aromatic rings. The highest BCUT2D eigenvalue weighted by molar-refractivity contribution is 5.63. The molecule has 1 saturated carbocycles. The molecule has 2 rings (SSSR count). The third-order valence-electron chi connectivity index (χ3n) is 3.65. The lowest BCUT2D eigenvalue weighted by atomic mass is 9.86. The Morgan fingerprint density at radius 2 is 2.25 bits per heavy atom. The molecule has 0 saturated heterocycles. The Morgan fingerprint density at radius 1 is 1.44 bits per heavy atom. The largest absolute Gasteiger partial charge is 0.382 e. The van der Waals surface area contributed by atoms with Gasteiger partial charge in [-0.3, -0.25) is 0 Å². The Hall–Kier alpha value is -1.25. The lowest BCUT2D eigenvalue weighted by Gasteiger charge is -2.35. The predicted molar refractivity (Wildman–Crippen MR) is 68.5 cm³/mol. The van der Waals surface area contributed by atoms with Gasteiger partial charge in [-0.1, -0.05) is 19.8 Å². The highest BCUT2D eigenvalue weighted by Gasteiger charge is 2.23. The molecule has 2 unspecified atom stereocenters. The molecule has 3 nitrogen and oxygen atoms in total. The molecule has 1 aromatic heterocycles. The third kappa shape index (κ3) is 2.29. The maximum atomic E-state index is 5.91. The van der Waals surface area contributed by atoms with Crippen molar-refractivity contribution in [1.29, 1.82) is 0 Å². The van der Waals surface area contributed by atoms with Gasteiger partial charge in [0.1, 0.15) is 5.82 Å². The minimum Gasteiger partial charge on any atom is -0.382 e. The van der Waals surface area contributed by atoms with Crippen LogP contribution in [0.15, 0.2) is 18.3 Å². The van der Waals surface area contributed by atoms with E-state index < -0.39 is 0 Å². The van der Waals surface area contributed by atoms with E-state index in [4.69, 9.17) is 5.73 Å². The van der Waals surface area contributed by atoms with Gasteiger partial charge in [-0.25, -0.2) is 4.98 Å². The molecule has 0 amide bonds. The SMILES string of the molecule is CC1CCCC(N(C)c2cccnc2N)C1. The van der Waals surface area contributed by atoms with Gasteiger partial charge >= 0.3 is 0 Å². The minimum absolute atomic E-state index is 0.621. The van der Waals surface area contributed by atoms with Gasteiger partial charge in [-0.15, -0.1) is 0 Å². The van der Waals surface area contributed by atoms with Crippen LogP contribution in [-0.4, -0.2) is 18.1 Å². The van der Waals surface area contributed by atoms with Crippen LogP contribution in [0.25, 0.3) is 0 Å². The first-order chi connectivity index (χ1) is 7.68. The van der Waals surface area contributed by atoms with Crippen LogP contribution in [0.2, 0.25) is 0 Å². The van der Waals surface area contributed by atoms with Crippen molar-refractivity contribution in [3.63, 3.8) is 0 Å². The summed E-state index contributed by atoms with van der Waals surface area (Å²) in [6.07, 6.45) is 6.99. The summed E-state index contributed by atoms with van der Waals surface area (Å²) >= 11 is 0. The molecule has 2 atom stereocenters. The molecular formula is C13H21N3. The zero-order chi connectivity index (χ0) is 11.5. The molecule has 1 heterocycles. The summed E-state index contributed by atoms with van der Waals surface area (Å²) in [5, 5.41) is 0. The number of hydrogen-bond acceptors (Lipinski definition) is 3. The molecule has 1 fully saturated rings. The number of rotatable bonds is 2. The summed E-state index contributed by atoms with van der Waals surface area (Å²) in [6.45, 7) is 2.34. The smallest absolute Gasteiger partial charge is 0.146 e. The lowest BCUT2D eigenvalue weighted by molar-refractivity contribution is 0.336. The van der Waals surface area contributed by atoms with E-state index >= 15 is 0 Å². The van der Waals surface area contributed by atoms with Crippen molar-refractivity contribution >= 4 is 11.5 Å². The van der Waals surface area contributed by atoms with E-state index in [9.17, 15) is 0 Å². The molecule has 3 heteroatoms. The zero-order valence-corrected chi connectivity index (χ0v) is 10.2. The lowest BCUT2D eigenvalue weighted by Crippen LogP contribution is -2.36. The normalized spacial score (nSPS) is 25.4. The van der Waals surface area contributed by atoms with Crippen LogP contribution in [0.5, 0.6) is 0 Å². The highest BCUT2D eigenvalue weighted by atomic mass is 15.2. The first-order valence-electron chi connectivity index (χ1n) is 6.12. The quantitative estimate of drug-likeness (QED) is 0.831. The average Bonchev–Trinajstić information content (AvgIpc) is 2.29. The summed E-state index contributed by atoms with van der Waals surface area (Å²) < 4.78 is 0. The molecule has 1 aliphatic carbocycles. The van der Waals surface area contributed by atoms with E-state index in [1.807, 2.05) is 6.07 Å². The number of anilines is 2. The number of nitrogen functional groups attached to an aromatic ring is 1. The molecule has 2 N–H and O–H groups in total. The zero-order valence-electron chi connectivity index (χ0n) is 10.2. The first kappa shape index (κ1) is 11.2. The molecule has 0 radical (unpaired) electrons. The van der Waals surface area contributed by atoms with Crippen molar-refractivity contribution in [3.8, 4) is 0 Å². The number of nitrogens with zero attached hydrogens (tertiary/aromatic N) is 2. The Balaban J connectivity index is 2.12. The number of aromatic nitrogens is 1. The fourth-order valence-electron chi connectivity index (χ4n) is 2.66. The van der Waals surface area contributed by atoms with Crippen molar-refractivity contribution < 1.29 is 0 Å². The van der Waals surface area contributed by atoms with E-state index in [0.29, 0.717) is 11.9 Å². The summed E-state index contributed by atoms with van der Waals surface area (Å²) in [7, 11) is 2.13. The monoisotopic (exact) mass is 219 g/mol. The molecular weight excluding hydrogens is 198 g/mol. The molecule has 16 heavy (non-hydrogen) atoms. The van der Waals surface area contributed by atoms with Crippen molar-refractivity contribution in [1.82, 2.24) is 4.98 Å². The standard InChI is InChI=1S/C13H21N3/c1-10-5-3-6-11(9-10)16(2)12-7-4-8-15-13(12)14/h4,7-8,10-11H,3,5-6,9H2,1-2H3,(H2,14,15). The van der Waals surface area contributed by atoms with Crippen molar-refractivity contribution in [2.45, 2.75) is 38.6 Å². The van der Waals surface area contributed by atoms with Gasteiger partial charge in [0.2, 0.25) is 0 Å². The Bertz CT molecular complexity index is 351. The van der Waals surface area contributed by atoms with E-state index in [1.54, 1.807) is 6.20 Å². The number of pyridine rings is 1. The van der Waals surface area contributed by atoms with Gasteiger partial charge in [0, 0.05) is 19.3 Å². The van der Waals surface area contributed by atoms with Gasteiger partial charge < -0.3 is 10.6 Å². The molecule has 0 aliphatic heterocycles. The number of hydrogen-bond donors (Lipinski definition) is 1. The average molecular weight is 219 g/mol. The summed E-state index contributed by atoms with van der Waals surface area (Å²) in [5.74, 6) is 1.47. The minimum atomic E-state index is 0.621. The molecule has 88 valence electrons. The molecule has 1 aliphatic rings. The van der Waals surface area contributed by atoms with E-state index in [2.05, 4.69) is 29.9 Å². The van der Waals surface area contributed by atoms with E-state index in [1.165, 1.54) is 25.7 Å².